The van der Waals surface area contributed by atoms with Crippen molar-refractivity contribution in [1.82, 2.24) is 30.3 Å². The van der Waals surface area contributed by atoms with E-state index in [1.807, 2.05) is 13.2 Å². The lowest BCUT2D eigenvalue weighted by Gasteiger charge is -2.14. The van der Waals surface area contributed by atoms with Crippen molar-refractivity contribution in [2.75, 3.05) is 7.05 Å². The van der Waals surface area contributed by atoms with Gasteiger partial charge in [-0.1, -0.05) is 0 Å². The third kappa shape index (κ3) is 1.65. The van der Waals surface area contributed by atoms with Crippen molar-refractivity contribution in [1.29, 1.82) is 0 Å². The Morgan fingerprint density at radius 3 is 3.12 bits per heavy atom. The molecule has 16 heavy (non-hydrogen) atoms. The number of aromatic nitrogens is 5. The molecule has 6 heteroatoms. The minimum Gasteiger partial charge on any atom is -0.316 e. The Morgan fingerprint density at radius 1 is 1.50 bits per heavy atom. The fraction of sp³-hybridized carbons (Fsp3) is 0.600. The SMILES string of the molecule is CNC(Cc1cncc2nnnn12)C1CC1. The average Bonchev–Trinajstić information content (AvgIpc) is 3.03. The molecule has 1 aliphatic rings. The van der Waals surface area contributed by atoms with Crippen LogP contribution in [-0.2, 0) is 6.42 Å². The maximum Gasteiger partial charge on any atom is 0.197 e. The Balaban J connectivity index is 1.89. The molecular weight excluding hydrogens is 204 g/mol. The van der Waals surface area contributed by atoms with Gasteiger partial charge in [-0.05, 0) is 36.2 Å². The zero-order chi connectivity index (χ0) is 11.0. The average molecular weight is 218 g/mol. The molecule has 0 aliphatic heterocycles. The number of tetrazole rings is 1. The van der Waals surface area contributed by atoms with Crippen LogP contribution in [0.3, 0.4) is 0 Å². The molecule has 0 aromatic carbocycles. The molecule has 2 aromatic heterocycles. The van der Waals surface area contributed by atoms with Gasteiger partial charge in [0, 0.05) is 18.7 Å². The van der Waals surface area contributed by atoms with Crippen molar-refractivity contribution in [3.8, 4) is 0 Å². The van der Waals surface area contributed by atoms with Gasteiger partial charge in [0.1, 0.15) is 0 Å². The van der Waals surface area contributed by atoms with Crippen molar-refractivity contribution in [3.05, 3.63) is 18.1 Å². The third-order valence-corrected chi connectivity index (χ3v) is 3.17. The van der Waals surface area contributed by atoms with E-state index in [-0.39, 0.29) is 0 Å². The summed E-state index contributed by atoms with van der Waals surface area (Å²) in [5.74, 6) is 0.803. The standard InChI is InChI=1S/C10H14N6/c1-11-9(7-2-3-7)4-8-5-12-6-10-13-14-15-16(8)10/h5-7,9,11H,2-4H2,1H3. The number of hydrogen-bond acceptors (Lipinski definition) is 5. The second kappa shape index (κ2) is 3.79. The maximum atomic E-state index is 4.16. The van der Waals surface area contributed by atoms with Crippen LogP contribution in [0.1, 0.15) is 18.5 Å². The number of fused-ring (bicyclic) bond motifs is 1. The van der Waals surface area contributed by atoms with Gasteiger partial charge in [-0.3, -0.25) is 4.98 Å². The summed E-state index contributed by atoms with van der Waals surface area (Å²) < 4.78 is 1.76. The molecule has 6 nitrogen and oxygen atoms in total. The van der Waals surface area contributed by atoms with Crippen molar-refractivity contribution >= 4 is 5.65 Å². The molecule has 0 bridgehead atoms. The topological polar surface area (TPSA) is 68.0 Å². The molecule has 1 N–H and O–H groups in total. The van der Waals surface area contributed by atoms with Crippen LogP contribution in [0.4, 0.5) is 0 Å². The van der Waals surface area contributed by atoms with Gasteiger partial charge in [0.05, 0.1) is 11.9 Å². The van der Waals surface area contributed by atoms with E-state index in [1.54, 1.807) is 10.7 Å². The quantitative estimate of drug-likeness (QED) is 0.786. The van der Waals surface area contributed by atoms with E-state index < -0.39 is 0 Å². The molecule has 1 unspecified atom stereocenters. The Bertz CT molecular complexity index is 489. The first-order valence-corrected chi connectivity index (χ1v) is 5.56. The molecule has 0 amide bonds. The van der Waals surface area contributed by atoms with Crippen LogP contribution in [0.15, 0.2) is 12.4 Å². The summed E-state index contributed by atoms with van der Waals surface area (Å²) in [5, 5.41) is 14.9. The Hall–Kier alpha value is -1.56. The summed E-state index contributed by atoms with van der Waals surface area (Å²) in [4.78, 5) is 4.16. The summed E-state index contributed by atoms with van der Waals surface area (Å²) in [6, 6.07) is 0.511. The fourth-order valence-electron chi connectivity index (χ4n) is 2.09. The van der Waals surface area contributed by atoms with Gasteiger partial charge < -0.3 is 5.32 Å². The lowest BCUT2D eigenvalue weighted by atomic mass is 10.1. The second-order valence-electron chi connectivity index (χ2n) is 4.28. The molecular formula is C10H14N6. The zero-order valence-electron chi connectivity index (χ0n) is 9.17. The van der Waals surface area contributed by atoms with Crippen LogP contribution < -0.4 is 5.32 Å². The minimum atomic E-state index is 0.511. The van der Waals surface area contributed by atoms with Crippen LogP contribution in [0, 0.1) is 5.92 Å². The number of nitrogens with one attached hydrogen (secondary N) is 1. The number of hydrogen-bond donors (Lipinski definition) is 1. The molecule has 84 valence electrons. The van der Waals surface area contributed by atoms with E-state index in [0.29, 0.717) is 11.7 Å². The first-order valence-electron chi connectivity index (χ1n) is 5.56. The van der Waals surface area contributed by atoms with Gasteiger partial charge in [-0.2, -0.15) is 4.52 Å². The molecule has 1 fully saturated rings. The fourth-order valence-corrected chi connectivity index (χ4v) is 2.09. The minimum absolute atomic E-state index is 0.511. The molecule has 0 spiro atoms. The van der Waals surface area contributed by atoms with Gasteiger partial charge in [-0.15, -0.1) is 5.10 Å². The molecule has 3 rings (SSSR count). The molecule has 0 radical (unpaired) electrons. The van der Waals surface area contributed by atoms with Gasteiger partial charge in [0.25, 0.3) is 0 Å². The number of likely N-dealkylation sites (N-methyl/N-ethyl adjacent to an activating group) is 1. The molecule has 2 aromatic rings. The summed E-state index contributed by atoms with van der Waals surface area (Å²) in [6.07, 6.45) is 7.09. The summed E-state index contributed by atoms with van der Waals surface area (Å²) in [7, 11) is 2.01. The summed E-state index contributed by atoms with van der Waals surface area (Å²) in [6.45, 7) is 0. The predicted molar refractivity (Wildman–Crippen MR) is 57.9 cm³/mol. The third-order valence-electron chi connectivity index (χ3n) is 3.17. The maximum absolute atomic E-state index is 4.16. The summed E-state index contributed by atoms with van der Waals surface area (Å²) in [5.41, 5.74) is 1.77. The number of nitrogens with zero attached hydrogens (tertiary/aromatic N) is 5. The van der Waals surface area contributed by atoms with Crippen LogP contribution >= 0.6 is 0 Å². The molecule has 1 saturated carbocycles. The smallest absolute Gasteiger partial charge is 0.197 e. The van der Waals surface area contributed by atoms with Gasteiger partial charge in [0.15, 0.2) is 5.65 Å². The largest absolute Gasteiger partial charge is 0.316 e. The monoisotopic (exact) mass is 218 g/mol. The number of rotatable bonds is 4. The predicted octanol–water partition coefficient (Wildman–Crippen LogP) is 0.0598. The normalized spacial score (nSPS) is 17.8. The van der Waals surface area contributed by atoms with Crippen molar-refractivity contribution in [2.45, 2.75) is 25.3 Å². The van der Waals surface area contributed by atoms with E-state index in [0.717, 1.165) is 18.0 Å². The van der Waals surface area contributed by atoms with Crippen LogP contribution in [0.25, 0.3) is 5.65 Å². The van der Waals surface area contributed by atoms with E-state index in [4.69, 9.17) is 0 Å². The Morgan fingerprint density at radius 2 is 2.38 bits per heavy atom. The molecule has 0 saturated heterocycles. The molecule has 2 heterocycles. The van der Waals surface area contributed by atoms with Crippen LogP contribution in [0.5, 0.6) is 0 Å². The summed E-state index contributed by atoms with van der Waals surface area (Å²) >= 11 is 0. The Labute approximate surface area is 93.1 Å². The molecule has 1 aliphatic carbocycles. The highest BCUT2D eigenvalue weighted by atomic mass is 15.5. The highest BCUT2D eigenvalue weighted by Gasteiger charge is 2.30. The Kier molecular flexibility index (Phi) is 2.28. The van der Waals surface area contributed by atoms with Crippen molar-refractivity contribution in [3.63, 3.8) is 0 Å². The van der Waals surface area contributed by atoms with Gasteiger partial charge in [-0.25, -0.2) is 0 Å². The van der Waals surface area contributed by atoms with Gasteiger partial charge in [0.2, 0.25) is 0 Å². The van der Waals surface area contributed by atoms with E-state index in [9.17, 15) is 0 Å². The van der Waals surface area contributed by atoms with Crippen LogP contribution in [0.2, 0.25) is 0 Å². The van der Waals surface area contributed by atoms with Crippen molar-refractivity contribution in [2.24, 2.45) is 5.92 Å². The van der Waals surface area contributed by atoms with Crippen LogP contribution in [-0.4, -0.2) is 38.1 Å². The first kappa shape index (κ1) is 9.65. The highest BCUT2D eigenvalue weighted by Crippen LogP contribution is 2.33. The van der Waals surface area contributed by atoms with E-state index >= 15 is 0 Å². The van der Waals surface area contributed by atoms with E-state index in [2.05, 4.69) is 25.8 Å². The second-order valence-corrected chi connectivity index (χ2v) is 4.28. The first-order chi connectivity index (χ1) is 7.88. The lowest BCUT2D eigenvalue weighted by Crippen LogP contribution is -2.30. The zero-order valence-corrected chi connectivity index (χ0v) is 9.17. The highest BCUT2D eigenvalue weighted by molar-refractivity contribution is 5.32. The lowest BCUT2D eigenvalue weighted by molar-refractivity contribution is 0.489. The van der Waals surface area contributed by atoms with Crippen molar-refractivity contribution < 1.29 is 0 Å². The van der Waals surface area contributed by atoms with E-state index in [1.165, 1.54) is 12.8 Å². The molecule has 1 atom stereocenters. The van der Waals surface area contributed by atoms with Gasteiger partial charge >= 0.3 is 0 Å².